The number of hydrogen-bond donors (Lipinski definition) is 0. The maximum absolute atomic E-state index is 10.8. The van der Waals surface area contributed by atoms with E-state index in [4.69, 9.17) is 4.74 Å². The van der Waals surface area contributed by atoms with E-state index in [-0.39, 0.29) is 11.9 Å². The quantitative estimate of drug-likeness (QED) is 0.599. The van der Waals surface area contributed by atoms with Gasteiger partial charge in [0, 0.05) is 12.2 Å². The summed E-state index contributed by atoms with van der Waals surface area (Å²) in [5.74, 6) is 0.769. The van der Waals surface area contributed by atoms with Gasteiger partial charge in [-0.3, -0.25) is 4.79 Å². The summed E-state index contributed by atoms with van der Waals surface area (Å²) in [6.07, 6.45) is 8.01. The van der Waals surface area contributed by atoms with E-state index in [2.05, 4.69) is 17.6 Å². The van der Waals surface area contributed by atoms with Crippen molar-refractivity contribution in [2.24, 2.45) is 5.92 Å². The summed E-state index contributed by atoms with van der Waals surface area (Å²) >= 11 is 1.76. The van der Waals surface area contributed by atoms with Crippen LogP contribution in [0.3, 0.4) is 0 Å². The smallest absolute Gasteiger partial charge is 0.307 e. The molecule has 68 valence electrons. The molecule has 0 spiro atoms. The second-order valence-electron chi connectivity index (χ2n) is 3.00. The van der Waals surface area contributed by atoms with Gasteiger partial charge in [0.1, 0.15) is 5.76 Å². The molecular formula is C10H10O2S. The molecule has 13 heavy (non-hydrogen) atoms. The third-order valence-electron chi connectivity index (χ3n) is 2.03. The van der Waals surface area contributed by atoms with Gasteiger partial charge in [-0.25, -0.2) is 0 Å². The number of ether oxygens (including phenoxy) is 1. The van der Waals surface area contributed by atoms with Crippen molar-refractivity contribution in [3.05, 3.63) is 35.5 Å². The van der Waals surface area contributed by atoms with Crippen molar-refractivity contribution in [1.29, 1.82) is 0 Å². The molecular weight excluding hydrogens is 184 g/mol. The summed E-state index contributed by atoms with van der Waals surface area (Å²) in [4.78, 5) is 10.8. The van der Waals surface area contributed by atoms with Crippen LogP contribution in [0.25, 0.3) is 0 Å². The Morgan fingerprint density at radius 1 is 1.54 bits per heavy atom. The first-order chi connectivity index (χ1) is 6.27. The fourth-order valence-corrected chi connectivity index (χ4v) is 2.49. The monoisotopic (exact) mass is 194 g/mol. The fourth-order valence-electron chi connectivity index (χ4n) is 1.48. The number of hydrogen-bond acceptors (Lipinski definition) is 3. The molecule has 2 aliphatic rings. The first-order valence-electron chi connectivity index (χ1n) is 4.16. The fraction of sp³-hybridized carbons (Fsp3) is 0.300. The average molecular weight is 194 g/mol. The normalized spacial score (nSPS) is 29.8. The van der Waals surface area contributed by atoms with Crippen molar-refractivity contribution >= 4 is 17.7 Å². The molecule has 0 aromatic carbocycles. The van der Waals surface area contributed by atoms with E-state index in [0.29, 0.717) is 5.25 Å². The van der Waals surface area contributed by atoms with Crippen LogP contribution in [0.15, 0.2) is 35.5 Å². The zero-order chi connectivity index (χ0) is 9.26. The lowest BCUT2D eigenvalue weighted by Gasteiger charge is -2.20. The van der Waals surface area contributed by atoms with Crippen LogP contribution in [0.2, 0.25) is 0 Å². The van der Waals surface area contributed by atoms with Gasteiger partial charge in [0.15, 0.2) is 0 Å². The molecule has 0 fully saturated rings. The molecule has 3 heteroatoms. The summed E-state index contributed by atoms with van der Waals surface area (Å²) in [7, 11) is 0. The number of allylic oxidation sites excluding steroid dienone is 3. The molecule has 0 bridgehead atoms. The second-order valence-corrected chi connectivity index (χ2v) is 4.09. The lowest BCUT2D eigenvalue weighted by atomic mass is 9.98. The van der Waals surface area contributed by atoms with Gasteiger partial charge >= 0.3 is 5.97 Å². The summed E-state index contributed by atoms with van der Waals surface area (Å²) < 4.78 is 5.11. The number of rotatable bonds is 1. The van der Waals surface area contributed by atoms with Crippen LogP contribution in [0.5, 0.6) is 0 Å². The minimum atomic E-state index is -0.245. The number of esters is 1. The van der Waals surface area contributed by atoms with Gasteiger partial charge in [0.05, 0.1) is 5.92 Å². The SMILES string of the molecule is CC(=O)OC1=CC=CC2SC=CC12. The van der Waals surface area contributed by atoms with Crippen LogP contribution in [-0.2, 0) is 9.53 Å². The van der Waals surface area contributed by atoms with Crippen molar-refractivity contribution < 1.29 is 9.53 Å². The van der Waals surface area contributed by atoms with Crippen molar-refractivity contribution in [3.8, 4) is 0 Å². The van der Waals surface area contributed by atoms with Crippen molar-refractivity contribution in [3.63, 3.8) is 0 Å². The zero-order valence-corrected chi connectivity index (χ0v) is 8.08. The summed E-state index contributed by atoms with van der Waals surface area (Å²) in [6, 6.07) is 0. The van der Waals surface area contributed by atoms with Crippen LogP contribution in [0, 0.1) is 5.92 Å². The van der Waals surface area contributed by atoms with Crippen LogP contribution < -0.4 is 0 Å². The van der Waals surface area contributed by atoms with Gasteiger partial charge in [-0.1, -0.05) is 18.2 Å². The number of fused-ring (bicyclic) bond motifs is 1. The van der Waals surface area contributed by atoms with Crippen LogP contribution >= 0.6 is 11.8 Å². The first kappa shape index (κ1) is 8.63. The van der Waals surface area contributed by atoms with E-state index in [1.807, 2.05) is 12.2 Å². The minimum absolute atomic E-state index is 0.245. The predicted molar refractivity (Wildman–Crippen MR) is 53.0 cm³/mol. The predicted octanol–water partition coefficient (Wildman–Crippen LogP) is 2.25. The van der Waals surface area contributed by atoms with Gasteiger partial charge in [-0.05, 0) is 11.5 Å². The van der Waals surface area contributed by atoms with Crippen molar-refractivity contribution in [1.82, 2.24) is 0 Å². The van der Waals surface area contributed by atoms with E-state index in [1.165, 1.54) is 6.92 Å². The molecule has 0 aromatic rings. The van der Waals surface area contributed by atoms with Crippen LogP contribution in [0.1, 0.15) is 6.92 Å². The van der Waals surface area contributed by atoms with E-state index in [1.54, 1.807) is 11.8 Å². The van der Waals surface area contributed by atoms with Crippen LogP contribution in [0.4, 0.5) is 0 Å². The molecule has 1 heterocycles. The lowest BCUT2D eigenvalue weighted by molar-refractivity contribution is -0.137. The molecule has 0 N–H and O–H groups in total. The first-order valence-corrected chi connectivity index (χ1v) is 5.10. The van der Waals surface area contributed by atoms with E-state index in [9.17, 15) is 4.79 Å². The lowest BCUT2D eigenvalue weighted by Crippen LogP contribution is -2.17. The van der Waals surface area contributed by atoms with E-state index >= 15 is 0 Å². The Hall–Kier alpha value is -0.960. The highest BCUT2D eigenvalue weighted by Gasteiger charge is 2.28. The van der Waals surface area contributed by atoms with Gasteiger partial charge in [0.2, 0.25) is 0 Å². The minimum Gasteiger partial charge on any atom is -0.431 e. The highest BCUT2D eigenvalue weighted by atomic mass is 32.2. The Balaban J connectivity index is 2.17. The summed E-state index contributed by atoms with van der Waals surface area (Å²) in [6.45, 7) is 1.43. The highest BCUT2D eigenvalue weighted by Crippen LogP contribution is 2.37. The topological polar surface area (TPSA) is 26.3 Å². The third kappa shape index (κ3) is 1.70. The molecule has 0 saturated heterocycles. The molecule has 2 unspecified atom stereocenters. The number of carbonyl (C=O) groups is 1. The maximum Gasteiger partial charge on any atom is 0.307 e. The molecule has 2 rings (SSSR count). The van der Waals surface area contributed by atoms with E-state index < -0.39 is 0 Å². The molecule has 2 nitrogen and oxygen atoms in total. The van der Waals surface area contributed by atoms with Crippen molar-refractivity contribution in [2.45, 2.75) is 12.2 Å². The Morgan fingerprint density at radius 2 is 2.38 bits per heavy atom. The van der Waals surface area contributed by atoms with Crippen molar-refractivity contribution in [2.75, 3.05) is 0 Å². The molecule has 0 saturated carbocycles. The average Bonchev–Trinajstić information content (AvgIpc) is 2.51. The third-order valence-corrected chi connectivity index (χ3v) is 3.11. The van der Waals surface area contributed by atoms with E-state index in [0.717, 1.165) is 5.76 Å². The second kappa shape index (κ2) is 3.42. The Labute approximate surface area is 81.3 Å². The van der Waals surface area contributed by atoms with Gasteiger partial charge in [-0.2, -0.15) is 0 Å². The highest BCUT2D eigenvalue weighted by molar-refractivity contribution is 8.03. The molecule has 0 radical (unpaired) electrons. The van der Waals surface area contributed by atoms with Gasteiger partial charge in [-0.15, -0.1) is 11.8 Å². The molecule has 1 aliphatic heterocycles. The Bertz CT molecular complexity index is 315. The van der Waals surface area contributed by atoms with Crippen LogP contribution in [-0.4, -0.2) is 11.2 Å². The van der Waals surface area contributed by atoms with Gasteiger partial charge in [0.25, 0.3) is 0 Å². The Morgan fingerprint density at radius 3 is 3.15 bits per heavy atom. The molecule has 2 atom stereocenters. The Kier molecular flexibility index (Phi) is 2.27. The zero-order valence-electron chi connectivity index (χ0n) is 7.27. The maximum atomic E-state index is 10.8. The summed E-state index contributed by atoms with van der Waals surface area (Å²) in [5, 5.41) is 2.47. The standard InChI is InChI=1S/C10H10O2S/c1-7(11)12-9-3-2-4-10-8(9)5-6-13-10/h2-6,8,10H,1H3. The molecule has 0 aromatic heterocycles. The number of thioether (sulfide) groups is 1. The number of carbonyl (C=O) groups excluding carboxylic acids is 1. The van der Waals surface area contributed by atoms with Gasteiger partial charge < -0.3 is 4.74 Å². The largest absolute Gasteiger partial charge is 0.431 e. The molecule has 1 aliphatic carbocycles. The molecule has 0 amide bonds. The summed E-state index contributed by atoms with van der Waals surface area (Å²) in [5.41, 5.74) is 0.